The van der Waals surface area contributed by atoms with Gasteiger partial charge in [-0.2, -0.15) is 0 Å². The first kappa shape index (κ1) is 13.9. The zero-order chi connectivity index (χ0) is 12.9. The van der Waals surface area contributed by atoms with E-state index in [1.54, 1.807) is 19.1 Å². The monoisotopic (exact) mass is 254 g/mol. The summed E-state index contributed by atoms with van der Waals surface area (Å²) in [5, 5.41) is 0. The molecule has 0 fully saturated rings. The molecule has 0 saturated carbocycles. The third kappa shape index (κ3) is 3.66. The first-order chi connectivity index (χ1) is 8.01. The van der Waals surface area contributed by atoms with Crippen LogP contribution in [0.15, 0.2) is 29.2 Å². The van der Waals surface area contributed by atoms with E-state index in [2.05, 4.69) is 0 Å². The van der Waals surface area contributed by atoms with E-state index in [9.17, 15) is 13.2 Å². The molecule has 0 atom stereocenters. The summed E-state index contributed by atoms with van der Waals surface area (Å²) < 4.78 is 23.1. The van der Waals surface area contributed by atoms with Gasteiger partial charge in [-0.15, -0.1) is 0 Å². The molecule has 0 amide bonds. The van der Waals surface area contributed by atoms with Crippen molar-refractivity contribution >= 4 is 15.6 Å². The van der Waals surface area contributed by atoms with E-state index in [0.29, 0.717) is 12.0 Å². The molecule has 0 saturated heterocycles. The van der Waals surface area contributed by atoms with Crippen molar-refractivity contribution in [2.45, 2.75) is 38.0 Å². The van der Waals surface area contributed by atoms with Crippen LogP contribution in [0.4, 0.5) is 0 Å². The number of sulfone groups is 1. The smallest absolute Gasteiger partial charge is 0.178 e. The van der Waals surface area contributed by atoms with Crippen LogP contribution in [-0.2, 0) is 9.84 Å². The molecule has 94 valence electrons. The van der Waals surface area contributed by atoms with Gasteiger partial charge in [0.15, 0.2) is 15.6 Å². The van der Waals surface area contributed by atoms with Crippen LogP contribution in [-0.4, -0.2) is 20.0 Å². The van der Waals surface area contributed by atoms with Gasteiger partial charge in [-0.3, -0.25) is 4.79 Å². The second-order valence-corrected chi connectivity index (χ2v) is 6.23. The van der Waals surface area contributed by atoms with E-state index in [1.807, 2.05) is 6.92 Å². The molecule has 0 aliphatic carbocycles. The van der Waals surface area contributed by atoms with Crippen molar-refractivity contribution in [3.8, 4) is 0 Å². The number of Topliss-reactive ketones (excluding diaryl/α,β-unsaturated/α-hetero) is 1. The topological polar surface area (TPSA) is 51.2 Å². The molecule has 0 radical (unpaired) electrons. The lowest BCUT2D eigenvalue weighted by molar-refractivity contribution is 0.0979. The van der Waals surface area contributed by atoms with Gasteiger partial charge in [0, 0.05) is 12.0 Å². The Labute approximate surface area is 103 Å². The number of unbranched alkanes of at least 4 members (excludes halogenated alkanes) is 1. The molecule has 0 heterocycles. The first-order valence-electron chi connectivity index (χ1n) is 5.87. The van der Waals surface area contributed by atoms with Crippen molar-refractivity contribution in [3.05, 3.63) is 29.8 Å². The van der Waals surface area contributed by atoms with Crippen LogP contribution in [0.5, 0.6) is 0 Å². The average molecular weight is 254 g/mol. The lowest BCUT2D eigenvalue weighted by Crippen LogP contribution is -2.05. The molecule has 0 aliphatic rings. The standard InChI is InChI=1S/C13H18O3S/c1-3-5-6-13(14)11-7-9-12(10-8-11)17(15,16)4-2/h7-10H,3-6H2,1-2H3. The Morgan fingerprint density at radius 3 is 2.18 bits per heavy atom. The van der Waals surface area contributed by atoms with Crippen molar-refractivity contribution in [2.75, 3.05) is 5.75 Å². The normalized spacial score (nSPS) is 11.4. The maximum Gasteiger partial charge on any atom is 0.178 e. The maximum absolute atomic E-state index is 11.7. The van der Waals surface area contributed by atoms with Gasteiger partial charge in [-0.05, 0) is 18.6 Å². The molecule has 0 aromatic heterocycles. The Hall–Kier alpha value is -1.16. The summed E-state index contributed by atoms with van der Waals surface area (Å²) in [6.45, 7) is 3.64. The fourth-order valence-electron chi connectivity index (χ4n) is 1.50. The van der Waals surface area contributed by atoms with E-state index in [0.717, 1.165) is 12.8 Å². The number of benzene rings is 1. The summed E-state index contributed by atoms with van der Waals surface area (Å²) >= 11 is 0. The zero-order valence-corrected chi connectivity index (χ0v) is 11.1. The minimum Gasteiger partial charge on any atom is -0.294 e. The van der Waals surface area contributed by atoms with E-state index in [1.165, 1.54) is 12.1 Å². The molecule has 0 unspecified atom stereocenters. The summed E-state index contributed by atoms with van der Waals surface area (Å²) in [5.74, 6) is 0.156. The Kier molecular flexibility index (Phi) is 4.87. The Bertz CT molecular complexity index is 472. The van der Waals surface area contributed by atoms with Gasteiger partial charge in [0.25, 0.3) is 0 Å². The molecule has 0 aliphatic heterocycles. The van der Waals surface area contributed by atoms with Gasteiger partial charge in [0.05, 0.1) is 10.6 Å². The molecule has 3 nitrogen and oxygen atoms in total. The number of ketones is 1. The SMILES string of the molecule is CCCCC(=O)c1ccc(S(=O)(=O)CC)cc1. The van der Waals surface area contributed by atoms with Crippen LogP contribution < -0.4 is 0 Å². The molecule has 0 spiro atoms. The predicted octanol–water partition coefficient (Wildman–Crippen LogP) is 2.85. The quantitative estimate of drug-likeness (QED) is 0.733. The molecule has 0 bridgehead atoms. The van der Waals surface area contributed by atoms with Crippen LogP contribution in [0.1, 0.15) is 43.5 Å². The van der Waals surface area contributed by atoms with E-state index in [4.69, 9.17) is 0 Å². The maximum atomic E-state index is 11.7. The molecule has 1 rings (SSSR count). The highest BCUT2D eigenvalue weighted by molar-refractivity contribution is 7.91. The van der Waals surface area contributed by atoms with Crippen molar-refractivity contribution in [2.24, 2.45) is 0 Å². The highest BCUT2D eigenvalue weighted by atomic mass is 32.2. The largest absolute Gasteiger partial charge is 0.294 e. The van der Waals surface area contributed by atoms with Gasteiger partial charge < -0.3 is 0 Å². The highest BCUT2D eigenvalue weighted by Gasteiger charge is 2.12. The molecule has 1 aromatic carbocycles. The van der Waals surface area contributed by atoms with Gasteiger partial charge >= 0.3 is 0 Å². The number of hydrogen-bond acceptors (Lipinski definition) is 3. The Morgan fingerprint density at radius 2 is 1.71 bits per heavy atom. The van der Waals surface area contributed by atoms with Crippen LogP contribution in [0.2, 0.25) is 0 Å². The molecular weight excluding hydrogens is 236 g/mol. The van der Waals surface area contributed by atoms with Crippen LogP contribution in [0.25, 0.3) is 0 Å². The Morgan fingerprint density at radius 1 is 1.12 bits per heavy atom. The summed E-state index contributed by atoms with van der Waals surface area (Å²) in [4.78, 5) is 12.0. The van der Waals surface area contributed by atoms with Crippen molar-refractivity contribution in [3.63, 3.8) is 0 Å². The van der Waals surface area contributed by atoms with Crippen LogP contribution in [0, 0.1) is 0 Å². The molecule has 0 N–H and O–H groups in total. The number of rotatable bonds is 6. The molecule has 1 aromatic rings. The van der Waals surface area contributed by atoms with Crippen LogP contribution >= 0.6 is 0 Å². The zero-order valence-electron chi connectivity index (χ0n) is 10.3. The Balaban J connectivity index is 2.85. The third-order valence-corrected chi connectivity index (χ3v) is 4.42. The van der Waals surface area contributed by atoms with Gasteiger partial charge in [0.1, 0.15) is 0 Å². The highest BCUT2D eigenvalue weighted by Crippen LogP contribution is 2.14. The van der Waals surface area contributed by atoms with Gasteiger partial charge in [-0.1, -0.05) is 32.4 Å². The summed E-state index contributed by atoms with van der Waals surface area (Å²) in [6.07, 6.45) is 2.37. The summed E-state index contributed by atoms with van der Waals surface area (Å²) in [6, 6.07) is 6.22. The minimum absolute atomic E-state index is 0.0762. The fourth-order valence-corrected chi connectivity index (χ4v) is 2.38. The third-order valence-electron chi connectivity index (χ3n) is 2.67. The molecular formula is C13H18O3S. The number of hydrogen-bond donors (Lipinski definition) is 0. The average Bonchev–Trinajstić information content (AvgIpc) is 2.36. The summed E-state index contributed by atoms with van der Waals surface area (Å²) in [7, 11) is -3.17. The lowest BCUT2D eigenvalue weighted by atomic mass is 10.1. The van der Waals surface area contributed by atoms with Crippen LogP contribution in [0.3, 0.4) is 0 Å². The second kappa shape index (κ2) is 5.96. The fraction of sp³-hybridized carbons (Fsp3) is 0.462. The lowest BCUT2D eigenvalue weighted by Gasteiger charge is -2.03. The second-order valence-electron chi connectivity index (χ2n) is 3.95. The van der Waals surface area contributed by atoms with E-state index < -0.39 is 9.84 Å². The first-order valence-corrected chi connectivity index (χ1v) is 7.52. The van der Waals surface area contributed by atoms with Crippen molar-refractivity contribution in [1.29, 1.82) is 0 Å². The van der Waals surface area contributed by atoms with Gasteiger partial charge in [0.2, 0.25) is 0 Å². The molecule has 17 heavy (non-hydrogen) atoms. The summed E-state index contributed by atoms with van der Waals surface area (Å²) in [5.41, 5.74) is 0.591. The number of carbonyl (C=O) groups excluding carboxylic acids is 1. The van der Waals surface area contributed by atoms with E-state index >= 15 is 0 Å². The van der Waals surface area contributed by atoms with Gasteiger partial charge in [-0.25, -0.2) is 8.42 Å². The minimum atomic E-state index is -3.17. The van der Waals surface area contributed by atoms with E-state index in [-0.39, 0.29) is 16.4 Å². The number of carbonyl (C=O) groups is 1. The van der Waals surface area contributed by atoms with Crippen molar-refractivity contribution in [1.82, 2.24) is 0 Å². The van der Waals surface area contributed by atoms with Crippen molar-refractivity contribution < 1.29 is 13.2 Å². The molecule has 4 heteroatoms. The predicted molar refractivity (Wildman–Crippen MR) is 68.0 cm³/mol.